The molecule has 1 radical (unpaired) electrons. The summed E-state index contributed by atoms with van der Waals surface area (Å²) in [6, 6.07) is 26.9. The Balaban J connectivity index is 1.39. The topological polar surface area (TPSA) is 113 Å². The van der Waals surface area contributed by atoms with Crippen molar-refractivity contribution in [1.82, 2.24) is 9.80 Å². The molecule has 0 aliphatic carbocycles. The lowest BCUT2D eigenvalue weighted by atomic mass is 9.97. The molecule has 0 saturated carbocycles. The summed E-state index contributed by atoms with van der Waals surface area (Å²) < 4.78 is 13.3. The maximum Gasteiger partial charge on any atom is 0.247 e. The quantitative estimate of drug-likeness (QED) is 0.270. The number of hydrogen-bond acceptors (Lipinski definition) is 4. The maximum atomic E-state index is 14.1. The second-order valence-electron chi connectivity index (χ2n) is 10.9. The highest BCUT2D eigenvalue weighted by atomic mass is 19.1. The number of nitrogens with zero attached hydrogens (tertiary/aromatic N) is 2. The van der Waals surface area contributed by atoms with Gasteiger partial charge >= 0.3 is 0 Å². The third kappa shape index (κ3) is 7.47. The Hall–Kier alpha value is -5.05. The van der Waals surface area contributed by atoms with E-state index in [1.165, 1.54) is 28.4 Å². The highest BCUT2D eigenvalue weighted by Gasteiger charge is 2.42. The van der Waals surface area contributed by atoms with Crippen LogP contribution in [0.1, 0.15) is 24.0 Å². The molecule has 1 fully saturated rings. The highest BCUT2D eigenvalue weighted by molar-refractivity contribution is 6.00. The van der Waals surface area contributed by atoms with Gasteiger partial charge in [-0.3, -0.25) is 19.2 Å². The minimum atomic E-state index is -0.975. The first-order valence-electron chi connectivity index (χ1n) is 14.6. The Kier molecular flexibility index (Phi) is 9.64. The lowest BCUT2D eigenvalue weighted by molar-refractivity contribution is -0.154. The predicted molar refractivity (Wildman–Crippen MR) is 167 cm³/mol. The standard InChI is InChI=1S/C35H34FN4O4/c36-28-15-11-24(12-16-28)13-19-33(42)39-20-21-40(35(44)30(39)17-18-32(37)41)31(34(43)38-29-8-2-1-3-9-29)23-25-10-14-26-6-4-5-7-27(26)22-25/h1-12,14-16,19,22,30-31H,13,17-18,20-21,23H2,(H2,37,41)(H,38,43)/t30-,31+/m0/s1. The number of anilines is 1. The van der Waals surface area contributed by atoms with Gasteiger partial charge in [-0.1, -0.05) is 72.8 Å². The Labute approximate surface area is 255 Å². The van der Waals surface area contributed by atoms with Gasteiger partial charge in [0.05, 0.1) is 6.42 Å². The largest absolute Gasteiger partial charge is 0.370 e. The van der Waals surface area contributed by atoms with Crippen LogP contribution in [0.5, 0.6) is 0 Å². The van der Waals surface area contributed by atoms with E-state index < -0.39 is 23.9 Å². The molecule has 9 heteroatoms. The van der Waals surface area contributed by atoms with Gasteiger partial charge in [0.25, 0.3) is 0 Å². The highest BCUT2D eigenvalue weighted by Crippen LogP contribution is 2.24. The van der Waals surface area contributed by atoms with Gasteiger partial charge in [0.2, 0.25) is 23.6 Å². The van der Waals surface area contributed by atoms with Crippen molar-refractivity contribution in [1.29, 1.82) is 0 Å². The van der Waals surface area contributed by atoms with Crippen molar-refractivity contribution >= 4 is 40.1 Å². The van der Waals surface area contributed by atoms with Crippen LogP contribution in [0, 0.1) is 12.2 Å². The molecule has 44 heavy (non-hydrogen) atoms. The van der Waals surface area contributed by atoms with E-state index in [0.29, 0.717) is 5.69 Å². The molecule has 1 heterocycles. The molecule has 0 bridgehead atoms. The minimum Gasteiger partial charge on any atom is -0.370 e. The Morgan fingerprint density at radius 2 is 1.57 bits per heavy atom. The molecule has 225 valence electrons. The summed E-state index contributed by atoms with van der Waals surface area (Å²) in [7, 11) is 0. The van der Waals surface area contributed by atoms with E-state index in [4.69, 9.17) is 5.73 Å². The first kappa shape index (κ1) is 30.4. The number of fused-ring (bicyclic) bond motifs is 1. The van der Waals surface area contributed by atoms with Crippen LogP contribution >= 0.6 is 0 Å². The summed E-state index contributed by atoms with van der Waals surface area (Å²) in [6.07, 6.45) is 1.88. The third-order valence-corrected chi connectivity index (χ3v) is 7.86. The number of hydrogen-bond donors (Lipinski definition) is 2. The Bertz CT molecular complexity index is 1640. The first-order chi connectivity index (χ1) is 21.3. The molecule has 4 aromatic rings. The number of carbonyl (C=O) groups is 4. The molecular weight excluding hydrogens is 559 g/mol. The van der Waals surface area contributed by atoms with Crippen LogP contribution in [0.2, 0.25) is 0 Å². The zero-order valence-electron chi connectivity index (χ0n) is 24.2. The number of benzene rings is 4. The van der Waals surface area contributed by atoms with Crippen LogP contribution in [0.4, 0.5) is 10.1 Å². The van der Waals surface area contributed by atoms with Crippen LogP contribution in [-0.4, -0.2) is 58.6 Å². The number of primary amides is 1. The third-order valence-electron chi connectivity index (χ3n) is 7.86. The van der Waals surface area contributed by atoms with Gasteiger partial charge in [-0.05, 0) is 59.0 Å². The minimum absolute atomic E-state index is 0.0315. The predicted octanol–water partition coefficient (Wildman–Crippen LogP) is 4.28. The van der Waals surface area contributed by atoms with Crippen molar-refractivity contribution in [3.63, 3.8) is 0 Å². The van der Waals surface area contributed by atoms with Crippen LogP contribution in [0.15, 0.2) is 97.1 Å². The fourth-order valence-electron chi connectivity index (χ4n) is 5.56. The van der Waals surface area contributed by atoms with Crippen molar-refractivity contribution in [2.24, 2.45) is 5.73 Å². The average Bonchev–Trinajstić information content (AvgIpc) is 3.03. The monoisotopic (exact) mass is 593 g/mol. The molecule has 1 aliphatic heterocycles. The number of halogens is 1. The van der Waals surface area contributed by atoms with E-state index in [1.54, 1.807) is 24.3 Å². The molecule has 8 nitrogen and oxygen atoms in total. The van der Waals surface area contributed by atoms with Crippen molar-refractivity contribution in [3.05, 3.63) is 120 Å². The van der Waals surface area contributed by atoms with Crippen molar-refractivity contribution in [2.45, 2.75) is 37.8 Å². The fraction of sp³-hybridized carbons (Fsp3) is 0.229. The van der Waals surface area contributed by atoms with Crippen LogP contribution < -0.4 is 11.1 Å². The first-order valence-corrected chi connectivity index (χ1v) is 14.6. The SMILES string of the molecule is NC(=O)CC[C@H]1C(=O)N([C@H](Cc2ccc3ccccc3c2)C(=O)Nc2ccccc2)CCN1C(=O)[CH]Cc1ccc(F)cc1. The number of carbonyl (C=O) groups excluding carboxylic acids is 4. The molecule has 3 N–H and O–H groups in total. The fourth-order valence-corrected chi connectivity index (χ4v) is 5.56. The zero-order valence-corrected chi connectivity index (χ0v) is 24.2. The van der Waals surface area contributed by atoms with Gasteiger partial charge < -0.3 is 20.9 Å². The van der Waals surface area contributed by atoms with Gasteiger partial charge in [0, 0.05) is 31.6 Å². The van der Waals surface area contributed by atoms with Gasteiger partial charge in [0.15, 0.2) is 0 Å². The van der Waals surface area contributed by atoms with Crippen LogP contribution in [-0.2, 0) is 32.0 Å². The number of rotatable bonds is 11. The average molecular weight is 594 g/mol. The van der Waals surface area contributed by atoms with Crippen LogP contribution in [0.3, 0.4) is 0 Å². The summed E-state index contributed by atoms with van der Waals surface area (Å²) in [5.74, 6) is -2.12. The summed E-state index contributed by atoms with van der Waals surface area (Å²) in [5, 5.41) is 5.02. The summed E-state index contributed by atoms with van der Waals surface area (Å²) in [4.78, 5) is 55.9. The smallest absolute Gasteiger partial charge is 0.247 e. The Morgan fingerprint density at radius 1 is 0.886 bits per heavy atom. The normalized spacial score (nSPS) is 15.7. The Morgan fingerprint density at radius 3 is 2.30 bits per heavy atom. The number of nitrogens with two attached hydrogens (primary N) is 1. The van der Waals surface area contributed by atoms with Crippen LogP contribution in [0.25, 0.3) is 10.8 Å². The number of piperazine rings is 1. The number of amides is 4. The van der Waals surface area contributed by atoms with E-state index in [9.17, 15) is 23.6 Å². The second kappa shape index (κ2) is 13.9. The summed E-state index contributed by atoms with van der Waals surface area (Å²) in [6.45, 7) is 0.295. The zero-order chi connectivity index (χ0) is 31.1. The van der Waals surface area contributed by atoms with Gasteiger partial charge in [0.1, 0.15) is 17.9 Å². The molecular formula is C35H34FN4O4. The molecule has 1 aliphatic rings. The second-order valence-corrected chi connectivity index (χ2v) is 10.9. The van der Waals surface area contributed by atoms with Crippen molar-refractivity contribution in [2.75, 3.05) is 18.4 Å². The summed E-state index contributed by atoms with van der Waals surface area (Å²) >= 11 is 0. The lowest BCUT2D eigenvalue weighted by Crippen LogP contribution is -2.63. The van der Waals surface area contributed by atoms with Crippen molar-refractivity contribution < 1.29 is 23.6 Å². The maximum absolute atomic E-state index is 14.1. The molecule has 0 aromatic heterocycles. The molecule has 0 unspecified atom stereocenters. The van der Waals surface area contributed by atoms with Gasteiger partial charge in [-0.15, -0.1) is 0 Å². The van der Waals surface area contributed by atoms with E-state index in [2.05, 4.69) is 5.32 Å². The number of para-hydroxylation sites is 1. The van der Waals surface area contributed by atoms with E-state index >= 15 is 0 Å². The van der Waals surface area contributed by atoms with Gasteiger partial charge in [-0.25, -0.2) is 4.39 Å². The van der Waals surface area contributed by atoms with Crippen molar-refractivity contribution in [3.8, 4) is 0 Å². The summed E-state index contributed by atoms with van der Waals surface area (Å²) in [5.41, 5.74) is 7.65. The molecule has 1 saturated heterocycles. The molecule has 4 aromatic carbocycles. The molecule has 2 atom stereocenters. The van der Waals surface area contributed by atoms with E-state index in [-0.39, 0.29) is 56.4 Å². The molecule has 0 spiro atoms. The lowest BCUT2D eigenvalue weighted by Gasteiger charge is -2.43. The molecule has 4 amide bonds. The van der Waals surface area contributed by atoms with Gasteiger partial charge in [-0.2, -0.15) is 0 Å². The van der Waals surface area contributed by atoms with E-state index in [1.807, 2.05) is 60.7 Å². The van der Waals surface area contributed by atoms with E-state index in [0.717, 1.165) is 21.9 Å². The molecule has 5 rings (SSSR count). The number of nitrogens with one attached hydrogen (secondary N) is 1.